The van der Waals surface area contributed by atoms with Crippen LogP contribution in [0.15, 0.2) is 23.0 Å². The van der Waals surface area contributed by atoms with Gasteiger partial charge in [-0.05, 0) is 18.9 Å². The number of carbonyl (C=O) groups is 2. The van der Waals surface area contributed by atoms with Gasteiger partial charge in [-0.3, -0.25) is 14.4 Å². The fourth-order valence-corrected chi connectivity index (χ4v) is 5.14. The van der Waals surface area contributed by atoms with Crippen LogP contribution in [0.3, 0.4) is 0 Å². The zero-order chi connectivity index (χ0) is 18.4. The fraction of sp³-hybridized carbons (Fsp3) is 0.632. The number of methoxy groups -OCH3 is 1. The molecule has 1 saturated heterocycles. The number of rotatable bonds is 3. The van der Waals surface area contributed by atoms with Crippen LogP contribution >= 0.6 is 0 Å². The number of hydrogen-bond acceptors (Lipinski definition) is 5. The van der Waals surface area contributed by atoms with Crippen molar-refractivity contribution in [1.29, 1.82) is 0 Å². The molecule has 4 rings (SSSR count). The molecule has 0 spiro atoms. The minimum atomic E-state index is -0.657. The second-order valence-corrected chi connectivity index (χ2v) is 7.53. The van der Waals surface area contributed by atoms with Crippen LogP contribution in [0.2, 0.25) is 0 Å². The molecule has 2 aliphatic heterocycles. The van der Waals surface area contributed by atoms with Crippen LogP contribution < -0.4 is 5.56 Å². The monoisotopic (exact) mass is 360 g/mol. The number of esters is 1. The van der Waals surface area contributed by atoms with Crippen molar-refractivity contribution in [2.24, 2.45) is 17.8 Å². The van der Waals surface area contributed by atoms with E-state index in [4.69, 9.17) is 4.74 Å². The molecule has 0 radical (unpaired) electrons. The topological polar surface area (TPSA) is 88.8 Å². The molecular weight excluding hydrogens is 336 g/mol. The largest absolute Gasteiger partial charge is 0.469 e. The molecule has 26 heavy (non-hydrogen) atoms. The summed E-state index contributed by atoms with van der Waals surface area (Å²) in [4.78, 5) is 40.0. The van der Waals surface area contributed by atoms with Gasteiger partial charge in [0, 0.05) is 36.7 Å². The van der Waals surface area contributed by atoms with E-state index in [1.807, 2.05) is 0 Å². The summed E-state index contributed by atoms with van der Waals surface area (Å²) in [5.74, 6) is -1.51. The van der Waals surface area contributed by atoms with Gasteiger partial charge in [-0.15, -0.1) is 0 Å². The molecule has 3 aliphatic rings. The van der Waals surface area contributed by atoms with Crippen molar-refractivity contribution in [3.05, 3.63) is 34.2 Å². The average Bonchev–Trinajstić information content (AvgIpc) is 3.26. The zero-order valence-corrected chi connectivity index (χ0v) is 14.8. The number of nitrogens with zero attached hydrogens (tertiary/aromatic N) is 2. The third kappa shape index (κ3) is 2.40. The van der Waals surface area contributed by atoms with Gasteiger partial charge in [0.2, 0.25) is 5.91 Å². The predicted molar refractivity (Wildman–Crippen MR) is 92.1 cm³/mol. The summed E-state index contributed by atoms with van der Waals surface area (Å²) in [5.41, 5.74) is 0.513. The Morgan fingerprint density at radius 2 is 2.00 bits per heavy atom. The van der Waals surface area contributed by atoms with Crippen molar-refractivity contribution in [3.63, 3.8) is 0 Å². The van der Waals surface area contributed by atoms with Gasteiger partial charge in [-0.2, -0.15) is 0 Å². The van der Waals surface area contributed by atoms with Crippen molar-refractivity contribution in [3.8, 4) is 0 Å². The highest BCUT2D eigenvalue weighted by molar-refractivity contribution is 5.83. The van der Waals surface area contributed by atoms with Crippen molar-refractivity contribution >= 4 is 11.9 Å². The first-order valence-electron chi connectivity index (χ1n) is 9.29. The van der Waals surface area contributed by atoms with Crippen molar-refractivity contribution in [2.45, 2.75) is 44.3 Å². The minimum Gasteiger partial charge on any atom is -0.469 e. The molecule has 2 fully saturated rings. The number of carbonyl (C=O) groups excluding carboxylic acids is 2. The quantitative estimate of drug-likeness (QED) is 0.802. The maximum atomic E-state index is 13.3. The second-order valence-electron chi connectivity index (χ2n) is 7.53. The Hall–Kier alpha value is -2.15. The third-order valence-corrected chi connectivity index (χ3v) is 6.35. The molecule has 1 N–H and O–H groups in total. The number of amides is 1. The predicted octanol–water partition coefficient (Wildman–Crippen LogP) is 0.702. The van der Waals surface area contributed by atoms with Gasteiger partial charge < -0.3 is 19.3 Å². The smallest absolute Gasteiger partial charge is 0.311 e. The van der Waals surface area contributed by atoms with Crippen LogP contribution in [0.25, 0.3) is 0 Å². The molecule has 0 aromatic carbocycles. The summed E-state index contributed by atoms with van der Waals surface area (Å²) in [7, 11) is 1.32. The highest BCUT2D eigenvalue weighted by Gasteiger charge is 2.58. The van der Waals surface area contributed by atoms with Gasteiger partial charge in [-0.25, -0.2) is 0 Å². The van der Waals surface area contributed by atoms with Gasteiger partial charge in [0.05, 0.1) is 25.1 Å². The molecule has 0 unspecified atom stereocenters. The molecule has 1 amide bonds. The van der Waals surface area contributed by atoms with Gasteiger partial charge >= 0.3 is 5.97 Å². The lowest BCUT2D eigenvalue weighted by Crippen LogP contribution is -2.50. The normalized spacial score (nSPS) is 30.3. The zero-order valence-electron chi connectivity index (χ0n) is 14.8. The van der Waals surface area contributed by atoms with E-state index in [1.165, 1.54) is 13.2 Å². The lowest BCUT2D eigenvalue weighted by Gasteiger charge is -2.39. The van der Waals surface area contributed by atoms with Gasteiger partial charge in [0.15, 0.2) is 0 Å². The minimum absolute atomic E-state index is 0.0299. The molecule has 4 atom stereocenters. The Labute approximate surface area is 151 Å². The number of aromatic nitrogens is 1. The lowest BCUT2D eigenvalue weighted by molar-refractivity contribution is -0.149. The maximum absolute atomic E-state index is 13.3. The van der Waals surface area contributed by atoms with Crippen LogP contribution in [0.5, 0.6) is 0 Å². The number of ether oxygens (including phenoxy) is 1. The fourth-order valence-electron chi connectivity index (χ4n) is 5.14. The standard InChI is InChI=1S/C19H24N2O5/c1-26-19(25)16-12(10-22)14-9-20-13(7-4-8-15(20)23)17(16)21(14)18(24)11-5-2-3-6-11/h4,7-8,11-12,14,16-17,22H,2-3,5-6,9-10H2,1H3/t12-,14-,16+,17+/m1/s1. The molecule has 7 nitrogen and oxygen atoms in total. The summed E-state index contributed by atoms with van der Waals surface area (Å²) in [6.07, 6.45) is 3.81. The van der Waals surface area contributed by atoms with Crippen LogP contribution in [-0.4, -0.2) is 46.2 Å². The van der Waals surface area contributed by atoms with Crippen LogP contribution in [0, 0.1) is 17.8 Å². The summed E-state index contributed by atoms with van der Waals surface area (Å²) >= 11 is 0. The number of hydrogen-bond donors (Lipinski definition) is 1. The Balaban J connectivity index is 1.83. The van der Waals surface area contributed by atoms with Crippen LogP contribution in [-0.2, 0) is 20.9 Å². The molecule has 1 aromatic rings. The van der Waals surface area contributed by atoms with E-state index in [1.54, 1.807) is 21.6 Å². The number of aliphatic hydroxyl groups excluding tert-OH is 1. The average molecular weight is 360 g/mol. The molecular formula is C19H24N2O5. The first-order chi connectivity index (χ1) is 12.6. The molecule has 1 aromatic heterocycles. The Bertz CT molecular complexity index is 782. The van der Waals surface area contributed by atoms with E-state index in [9.17, 15) is 19.5 Å². The van der Waals surface area contributed by atoms with E-state index in [0.29, 0.717) is 12.2 Å². The highest BCUT2D eigenvalue weighted by atomic mass is 16.5. The first kappa shape index (κ1) is 17.3. The number of pyridine rings is 1. The van der Waals surface area contributed by atoms with Gasteiger partial charge in [0.25, 0.3) is 5.56 Å². The van der Waals surface area contributed by atoms with E-state index in [0.717, 1.165) is 25.7 Å². The molecule has 140 valence electrons. The maximum Gasteiger partial charge on any atom is 0.311 e. The van der Waals surface area contributed by atoms with E-state index < -0.39 is 23.8 Å². The summed E-state index contributed by atoms with van der Waals surface area (Å²) in [6.45, 7) is 0.0841. The van der Waals surface area contributed by atoms with Crippen molar-refractivity contribution in [1.82, 2.24) is 9.47 Å². The number of fused-ring (bicyclic) bond motifs is 4. The van der Waals surface area contributed by atoms with E-state index in [2.05, 4.69) is 0 Å². The third-order valence-electron chi connectivity index (χ3n) is 6.35. The van der Waals surface area contributed by atoms with Gasteiger partial charge in [-0.1, -0.05) is 18.9 Å². The van der Waals surface area contributed by atoms with E-state index >= 15 is 0 Å². The molecule has 1 saturated carbocycles. The first-order valence-corrected chi connectivity index (χ1v) is 9.29. The Kier molecular flexibility index (Phi) is 4.34. The lowest BCUT2D eigenvalue weighted by atomic mass is 9.87. The summed E-state index contributed by atoms with van der Waals surface area (Å²) in [5, 5.41) is 10.0. The molecule has 1 aliphatic carbocycles. The number of aliphatic hydroxyl groups is 1. The Morgan fingerprint density at radius 1 is 1.27 bits per heavy atom. The molecule has 7 heteroatoms. The van der Waals surface area contributed by atoms with Gasteiger partial charge in [0.1, 0.15) is 0 Å². The highest BCUT2D eigenvalue weighted by Crippen LogP contribution is 2.49. The summed E-state index contributed by atoms with van der Waals surface area (Å²) in [6, 6.07) is 4.02. The van der Waals surface area contributed by atoms with Crippen molar-refractivity contribution in [2.75, 3.05) is 13.7 Å². The summed E-state index contributed by atoms with van der Waals surface area (Å²) < 4.78 is 6.64. The van der Waals surface area contributed by atoms with E-state index in [-0.39, 0.29) is 30.0 Å². The molecule has 2 bridgehead atoms. The molecule has 3 heterocycles. The van der Waals surface area contributed by atoms with Crippen LogP contribution in [0.1, 0.15) is 37.4 Å². The Morgan fingerprint density at radius 3 is 2.65 bits per heavy atom. The SMILES string of the molecule is COC(=O)[C@H]1[C@H](CO)[C@H]2Cn3c(cccc3=O)[C@@H]1N2C(=O)C1CCCC1. The van der Waals surface area contributed by atoms with Crippen LogP contribution in [0.4, 0.5) is 0 Å². The van der Waals surface area contributed by atoms with Crippen molar-refractivity contribution < 1.29 is 19.4 Å². The second kappa shape index (κ2) is 6.54.